The highest BCUT2D eigenvalue weighted by atomic mass is 32.1. The van der Waals surface area contributed by atoms with E-state index in [1.807, 2.05) is 18.4 Å². The van der Waals surface area contributed by atoms with E-state index in [-0.39, 0.29) is 11.8 Å². The van der Waals surface area contributed by atoms with Crippen molar-refractivity contribution in [3.05, 3.63) is 33.5 Å². The van der Waals surface area contributed by atoms with Gasteiger partial charge in [0.15, 0.2) is 0 Å². The van der Waals surface area contributed by atoms with Crippen LogP contribution in [0.5, 0.6) is 0 Å². The number of β-amino-alcohol motifs (C(OH)–C–C–N with tert-alkyl or cyclic N) is 1. The summed E-state index contributed by atoms with van der Waals surface area (Å²) in [7, 11) is 0. The summed E-state index contributed by atoms with van der Waals surface area (Å²) in [6, 6.07) is 1.98. The minimum Gasteiger partial charge on any atom is -0.391 e. The summed E-state index contributed by atoms with van der Waals surface area (Å²) < 4.78 is 0. The number of aromatic nitrogens is 3. The van der Waals surface area contributed by atoms with E-state index >= 15 is 0 Å². The first-order valence-electron chi connectivity index (χ1n) is 7.87. The second kappa shape index (κ2) is 6.41. The van der Waals surface area contributed by atoms with Crippen LogP contribution >= 0.6 is 11.3 Å². The molecular weight excluding hydrogens is 312 g/mol. The molecule has 1 saturated heterocycles. The SMILES string of the molecule is Cc1cc(C[C@@H]2CN(C(=O)c3csc(C(C)C)n3)C[C@@H]2O)n[nH]1. The van der Waals surface area contributed by atoms with Gasteiger partial charge >= 0.3 is 0 Å². The molecule has 0 aromatic carbocycles. The molecule has 1 aliphatic rings. The third-order valence-electron chi connectivity index (χ3n) is 4.16. The molecule has 1 aliphatic heterocycles. The van der Waals surface area contributed by atoms with Crippen molar-refractivity contribution < 1.29 is 9.90 Å². The van der Waals surface area contributed by atoms with Crippen molar-refractivity contribution >= 4 is 17.2 Å². The van der Waals surface area contributed by atoms with E-state index < -0.39 is 6.10 Å². The Morgan fingerprint density at radius 3 is 2.91 bits per heavy atom. The summed E-state index contributed by atoms with van der Waals surface area (Å²) in [6.45, 7) is 6.98. The van der Waals surface area contributed by atoms with Gasteiger partial charge in [-0.25, -0.2) is 4.98 Å². The van der Waals surface area contributed by atoms with Gasteiger partial charge in [0.25, 0.3) is 5.91 Å². The quantitative estimate of drug-likeness (QED) is 0.896. The Bertz CT molecular complexity index is 694. The van der Waals surface area contributed by atoms with Crippen LogP contribution in [0.15, 0.2) is 11.4 Å². The number of thiazole rings is 1. The van der Waals surface area contributed by atoms with Crippen molar-refractivity contribution in [2.24, 2.45) is 5.92 Å². The third-order valence-corrected chi connectivity index (χ3v) is 5.30. The van der Waals surface area contributed by atoms with Crippen LogP contribution in [-0.2, 0) is 6.42 Å². The number of aryl methyl sites for hydroxylation is 1. The standard InChI is InChI=1S/C16H22N4O2S/c1-9(2)15-17-13(8-23-15)16(22)20-6-11(14(21)7-20)5-12-4-10(3)18-19-12/h4,8-9,11,14,21H,5-7H2,1-3H3,(H,18,19)/t11-,14+/m1/s1. The molecule has 2 atom stereocenters. The molecule has 1 amide bonds. The maximum absolute atomic E-state index is 12.6. The van der Waals surface area contributed by atoms with Gasteiger partial charge in [-0.2, -0.15) is 5.10 Å². The molecule has 0 spiro atoms. The minimum absolute atomic E-state index is 0.0184. The number of hydrogen-bond donors (Lipinski definition) is 2. The molecule has 0 aliphatic carbocycles. The number of carbonyl (C=O) groups is 1. The lowest BCUT2D eigenvalue weighted by Crippen LogP contribution is -2.29. The van der Waals surface area contributed by atoms with E-state index in [1.165, 1.54) is 11.3 Å². The van der Waals surface area contributed by atoms with Crippen LogP contribution < -0.4 is 0 Å². The highest BCUT2D eigenvalue weighted by Gasteiger charge is 2.35. The Morgan fingerprint density at radius 2 is 2.30 bits per heavy atom. The second-order valence-electron chi connectivity index (χ2n) is 6.51. The number of H-pyrrole nitrogens is 1. The van der Waals surface area contributed by atoms with Crippen LogP contribution in [0.1, 0.15) is 46.6 Å². The van der Waals surface area contributed by atoms with Gasteiger partial charge in [-0.15, -0.1) is 11.3 Å². The number of hydrogen-bond acceptors (Lipinski definition) is 5. The van der Waals surface area contributed by atoms with Crippen LogP contribution in [-0.4, -0.2) is 50.3 Å². The van der Waals surface area contributed by atoms with Crippen LogP contribution in [0.4, 0.5) is 0 Å². The molecule has 2 aromatic heterocycles. The monoisotopic (exact) mass is 334 g/mol. The number of rotatable bonds is 4. The zero-order valence-corrected chi connectivity index (χ0v) is 14.4. The molecule has 0 bridgehead atoms. The number of aliphatic hydroxyl groups excluding tert-OH is 1. The Morgan fingerprint density at radius 1 is 1.52 bits per heavy atom. The minimum atomic E-state index is -0.515. The van der Waals surface area contributed by atoms with E-state index in [0.717, 1.165) is 16.4 Å². The Kier molecular flexibility index (Phi) is 4.50. The van der Waals surface area contributed by atoms with Crippen molar-refractivity contribution in [3.8, 4) is 0 Å². The number of amides is 1. The summed E-state index contributed by atoms with van der Waals surface area (Å²) in [5.74, 6) is 0.249. The first-order chi connectivity index (χ1) is 10.9. The van der Waals surface area contributed by atoms with Crippen molar-refractivity contribution in [3.63, 3.8) is 0 Å². The van der Waals surface area contributed by atoms with E-state index in [2.05, 4.69) is 29.0 Å². The average molecular weight is 334 g/mol. The smallest absolute Gasteiger partial charge is 0.273 e. The number of aromatic amines is 1. The molecule has 2 aromatic rings. The average Bonchev–Trinajstić information content (AvgIpc) is 3.20. The van der Waals surface area contributed by atoms with Crippen LogP contribution in [0.25, 0.3) is 0 Å². The summed E-state index contributed by atoms with van der Waals surface area (Å²) >= 11 is 1.52. The maximum Gasteiger partial charge on any atom is 0.273 e. The largest absolute Gasteiger partial charge is 0.391 e. The summed E-state index contributed by atoms with van der Waals surface area (Å²) in [4.78, 5) is 18.7. The van der Waals surface area contributed by atoms with E-state index in [0.29, 0.717) is 31.1 Å². The molecule has 3 heterocycles. The number of likely N-dealkylation sites (tertiary alicyclic amines) is 1. The Hall–Kier alpha value is -1.73. The molecule has 124 valence electrons. The Labute approximate surface area is 139 Å². The highest BCUT2D eigenvalue weighted by Crippen LogP contribution is 2.25. The number of aliphatic hydroxyl groups is 1. The molecule has 0 radical (unpaired) electrons. The lowest BCUT2D eigenvalue weighted by Gasteiger charge is -2.14. The summed E-state index contributed by atoms with van der Waals surface area (Å²) in [5.41, 5.74) is 2.42. The number of nitrogens with zero attached hydrogens (tertiary/aromatic N) is 3. The van der Waals surface area contributed by atoms with Gasteiger partial charge in [0.2, 0.25) is 0 Å². The van der Waals surface area contributed by atoms with Gasteiger partial charge in [-0.3, -0.25) is 9.89 Å². The lowest BCUT2D eigenvalue weighted by atomic mass is 10.0. The van der Waals surface area contributed by atoms with Crippen molar-refractivity contribution in [1.29, 1.82) is 0 Å². The van der Waals surface area contributed by atoms with Gasteiger partial charge < -0.3 is 10.0 Å². The summed E-state index contributed by atoms with van der Waals surface area (Å²) in [6.07, 6.45) is 0.156. The van der Waals surface area contributed by atoms with Gasteiger partial charge in [0.05, 0.1) is 16.8 Å². The molecule has 7 heteroatoms. The second-order valence-corrected chi connectivity index (χ2v) is 7.40. The van der Waals surface area contributed by atoms with Crippen molar-refractivity contribution in [2.75, 3.05) is 13.1 Å². The van der Waals surface area contributed by atoms with Gasteiger partial charge in [0.1, 0.15) is 5.69 Å². The van der Waals surface area contributed by atoms with Crippen LogP contribution in [0.2, 0.25) is 0 Å². The van der Waals surface area contributed by atoms with Crippen molar-refractivity contribution in [2.45, 2.75) is 39.2 Å². The maximum atomic E-state index is 12.6. The first kappa shape index (κ1) is 16.1. The van der Waals surface area contributed by atoms with E-state index in [1.54, 1.807) is 4.90 Å². The van der Waals surface area contributed by atoms with Crippen LogP contribution in [0.3, 0.4) is 0 Å². The fourth-order valence-electron chi connectivity index (χ4n) is 2.88. The molecular formula is C16H22N4O2S. The Balaban J connectivity index is 1.66. The fraction of sp³-hybridized carbons (Fsp3) is 0.562. The van der Waals surface area contributed by atoms with E-state index in [9.17, 15) is 9.90 Å². The normalized spacial score (nSPS) is 21.3. The highest BCUT2D eigenvalue weighted by molar-refractivity contribution is 7.09. The van der Waals surface area contributed by atoms with Crippen LogP contribution in [0, 0.1) is 12.8 Å². The zero-order valence-electron chi connectivity index (χ0n) is 13.6. The first-order valence-corrected chi connectivity index (χ1v) is 8.75. The zero-order chi connectivity index (χ0) is 16.6. The number of carbonyl (C=O) groups excluding carboxylic acids is 1. The molecule has 1 fully saturated rings. The topological polar surface area (TPSA) is 82.1 Å². The van der Waals surface area contributed by atoms with E-state index in [4.69, 9.17) is 0 Å². The molecule has 0 saturated carbocycles. The third kappa shape index (κ3) is 3.45. The molecule has 0 unspecified atom stereocenters. The van der Waals surface area contributed by atoms with Gasteiger partial charge in [-0.05, 0) is 19.4 Å². The number of nitrogens with one attached hydrogen (secondary N) is 1. The fourth-order valence-corrected chi connectivity index (χ4v) is 3.69. The predicted octanol–water partition coefficient (Wildman–Crippen LogP) is 1.97. The summed E-state index contributed by atoms with van der Waals surface area (Å²) in [5, 5.41) is 20.2. The van der Waals surface area contributed by atoms with Gasteiger partial charge in [0, 0.05) is 36.0 Å². The molecule has 2 N–H and O–H groups in total. The lowest BCUT2D eigenvalue weighted by molar-refractivity contribution is 0.0759. The molecule has 3 rings (SSSR count). The van der Waals surface area contributed by atoms with Crippen molar-refractivity contribution in [1.82, 2.24) is 20.1 Å². The van der Waals surface area contributed by atoms with Gasteiger partial charge in [-0.1, -0.05) is 13.8 Å². The molecule has 23 heavy (non-hydrogen) atoms. The predicted molar refractivity (Wildman–Crippen MR) is 88.6 cm³/mol. The molecule has 6 nitrogen and oxygen atoms in total.